The zero-order valence-corrected chi connectivity index (χ0v) is 17.7. The Balaban J connectivity index is 1.78. The number of hydrogen-bond donors (Lipinski definition) is 0. The molecule has 0 saturated carbocycles. The summed E-state index contributed by atoms with van der Waals surface area (Å²) in [6, 6.07) is 16.0. The van der Waals surface area contributed by atoms with Gasteiger partial charge in [-0.05, 0) is 30.7 Å². The number of aromatic nitrogens is 1. The van der Waals surface area contributed by atoms with Crippen LogP contribution >= 0.6 is 23.1 Å². The second kappa shape index (κ2) is 10.5. The van der Waals surface area contributed by atoms with Crippen molar-refractivity contribution in [2.75, 3.05) is 26.1 Å². The van der Waals surface area contributed by atoms with Crippen molar-refractivity contribution in [3.63, 3.8) is 0 Å². The SMILES string of the molecule is CCOCCn1c(=NC(=O)CSCc2ccccc2)sc2cc(OC)ccc21. The summed E-state index contributed by atoms with van der Waals surface area (Å²) < 4.78 is 13.9. The van der Waals surface area contributed by atoms with E-state index in [0.717, 1.165) is 21.7 Å². The Morgan fingerprint density at radius 3 is 2.79 bits per heavy atom. The van der Waals surface area contributed by atoms with Gasteiger partial charge < -0.3 is 14.0 Å². The fourth-order valence-electron chi connectivity index (χ4n) is 2.75. The number of carbonyl (C=O) groups is 1. The maximum atomic E-state index is 12.4. The normalized spacial score (nSPS) is 11.9. The quantitative estimate of drug-likeness (QED) is 0.493. The molecule has 0 bridgehead atoms. The highest BCUT2D eigenvalue weighted by atomic mass is 32.2. The van der Waals surface area contributed by atoms with Gasteiger partial charge in [-0.25, -0.2) is 0 Å². The van der Waals surface area contributed by atoms with Crippen LogP contribution in [-0.4, -0.2) is 36.6 Å². The Labute approximate surface area is 173 Å². The average Bonchev–Trinajstić information content (AvgIpc) is 3.05. The molecule has 0 unspecified atom stereocenters. The van der Waals surface area contributed by atoms with Gasteiger partial charge in [0, 0.05) is 18.9 Å². The molecule has 0 atom stereocenters. The minimum absolute atomic E-state index is 0.121. The Kier molecular flexibility index (Phi) is 7.71. The number of amides is 1. The van der Waals surface area contributed by atoms with Gasteiger partial charge in [-0.2, -0.15) is 4.99 Å². The first kappa shape index (κ1) is 20.6. The average molecular weight is 417 g/mol. The molecule has 148 valence electrons. The number of nitrogens with zero attached hydrogens (tertiary/aromatic N) is 2. The van der Waals surface area contributed by atoms with E-state index in [1.54, 1.807) is 18.9 Å². The Hall–Kier alpha value is -2.09. The third-order valence-corrected chi connectivity index (χ3v) is 6.14. The molecule has 0 radical (unpaired) electrons. The largest absolute Gasteiger partial charge is 0.497 e. The van der Waals surface area contributed by atoms with Crippen molar-refractivity contribution >= 4 is 39.2 Å². The van der Waals surface area contributed by atoms with Gasteiger partial charge in [0.05, 0.1) is 29.7 Å². The van der Waals surface area contributed by atoms with Gasteiger partial charge in [-0.3, -0.25) is 4.79 Å². The van der Waals surface area contributed by atoms with Gasteiger partial charge in [0.1, 0.15) is 5.75 Å². The first-order valence-corrected chi connectivity index (χ1v) is 11.1. The molecule has 0 saturated heterocycles. The molecule has 3 aromatic rings. The molecule has 0 aliphatic carbocycles. The summed E-state index contributed by atoms with van der Waals surface area (Å²) in [5, 5.41) is 0. The summed E-state index contributed by atoms with van der Waals surface area (Å²) >= 11 is 3.08. The van der Waals surface area contributed by atoms with Crippen molar-refractivity contribution in [2.45, 2.75) is 19.2 Å². The highest BCUT2D eigenvalue weighted by Crippen LogP contribution is 2.23. The van der Waals surface area contributed by atoms with Crippen LogP contribution in [0.15, 0.2) is 53.5 Å². The summed E-state index contributed by atoms with van der Waals surface area (Å²) in [7, 11) is 1.65. The van der Waals surface area contributed by atoms with Crippen LogP contribution in [0.5, 0.6) is 5.75 Å². The van der Waals surface area contributed by atoms with Crippen LogP contribution in [0.2, 0.25) is 0 Å². The highest BCUT2D eigenvalue weighted by molar-refractivity contribution is 7.99. The van der Waals surface area contributed by atoms with Crippen molar-refractivity contribution in [3.8, 4) is 5.75 Å². The molecular formula is C21H24N2O3S2. The molecule has 0 aliphatic heterocycles. The van der Waals surface area contributed by atoms with E-state index in [1.165, 1.54) is 16.9 Å². The van der Waals surface area contributed by atoms with Crippen molar-refractivity contribution < 1.29 is 14.3 Å². The summed E-state index contributed by atoms with van der Waals surface area (Å²) in [6.45, 7) is 3.87. The van der Waals surface area contributed by atoms with Gasteiger partial charge in [-0.1, -0.05) is 41.7 Å². The number of methoxy groups -OCH3 is 1. The van der Waals surface area contributed by atoms with E-state index in [2.05, 4.69) is 21.7 Å². The predicted octanol–water partition coefficient (Wildman–Crippen LogP) is 4.11. The lowest BCUT2D eigenvalue weighted by Gasteiger charge is -2.06. The maximum Gasteiger partial charge on any atom is 0.258 e. The van der Waals surface area contributed by atoms with E-state index >= 15 is 0 Å². The van der Waals surface area contributed by atoms with Crippen molar-refractivity contribution in [1.82, 2.24) is 4.57 Å². The number of rotatable bonds is 9. The van der Waals surface area contributed by atoms with E-state index in [-0.39, 0.29) is 5.91 Å². The molecule has 7 heteroatoms. The number of thioether (sulfide) groups is 1. The molecular weight excluding hydrogens is 392 g/mol. The lowest BCUT2D eigenvalue weighted by Crippen LogP contribution is -2.20. The highest BCUT2D eigenvalue weighted by Gasteiger charge is 2.09. The van der Waals surface area contributed by atoms with Crippen molar-refractivity contribution in [3.05, 3.63) is 58.9 Å². The predicted molar refractivity (Wildman–Crippen MR) is 116 cm³/mol. The fraction of sp³-hybridized carbons (Fsp3) is 0.333. The van der Waals surface area contributed by atoms with Crippen LogP contribution in [0.25, 0.3) is 10.2 Å². The van der Waals surface area contributed by atoms with Crippen LogP contribution in [0.1, 0.15) is 12.5 Å². The Morgan fingerprint density at radius 2 is 2.04 bits per heavy atom. The molecule has 1 heterocycles. The fourth-order valence-corrected chi connectivity index (χ4v) is 4.62. The molecule has 2 aromatic carbocycles. The third kappa shape index (κ3) is 5.47. The second-order valence-electron chi connectivity index (χ2n) is 6.05. The zero-order chi connectivity index (χ0) is 19.8. The molecule has 0 fully saturated rings. The monoisotopic (exact) mass is 416 g/mol. The van der Waals surface area contributed by atoms with Gasteiger partial charge in [0.15, 0.2) is 4.80 Å². The lowest BCUT2D eigenvalue weighted by atomic mass is 10.2. The van der Waals surface area contributed by atoms with E-state index in [1.807, 2.05) is 43.3 Å². The smallest absolute Gasteiger partial charge is 0.258 e. The van der Waals surface area contributed by atoms with Gasteiger partial charge in [0.2, 0.25) is 0 Å². The summed E-state index contributed by atoms with van der Waals surface area (Å²) in [5.41, 5.74) is 2.25. The van der Waals surface area contributed by atoms with E-state index in [4.69, 9.17) is 9.47 Å². The zero-order valence-electron chi connectivity index (χ0n) is 16.1. The maximum absolute atomic E-state index is 12.4. The van der Waals surface area contributed by atoms with Crippen molar-refractivity contribution in [2.24, 2.45) is 4.99 Å². The molecule has 3 rings (SSSR count). The Morgan fingerprint density at radius 1 is 1.21 bits per heavy atom. The summed E-state index contributed by atoms with van der Waals surface area (Å²) in [4.78, 5) is 17.5. The molecule has 28 heavy (non-hydrogen) atoms. The Bertz CT molecular complexity index is 980. The van der Waals surface area contributed by atoms with E-state index < -0.39 is 0 Å². The molecule has 0 spiro atoms. The molecule has 0 N–H and O–H groups in total. The van der Waals surface area contributed by atoms with Crippen LogP contribution in [-0.2, 0) is 21.8 Å². The number of benzene rings is 2. The first-order valence-electron chi connectivity index (χ1n) is 9.15. The number of thiazole rings is 1. The van der Waals surface area contributed by atoms with E-state index in [0.29, 0.717) is 30.3 Å². The number of fused-ring (bicyclic) bond motifs is 1. The molecule has 5 nitrogen and oxygen atoms in total. The minimum Gasteiger partial charge on any atom is -0.497 e. The van der Waals surface area contributed by atoms with Crippen LogP contribution in [0.3, 0.4) is 0 Å². The minimum atomic E-state index is -0.121. The third-order valence-electron chi connectivity index (χ3n) is 4.11. The topological polar surface area (TPSA) is 52.8 Å². The lowest BCUT2D eigenvalue weighted by molar-refractivity contribution is -0.115. The second-order valence-corrected chi connectivity index (χ2v) is 8.05. The van der Waals surface area contributed by atoms with Crippen LogP contribution in [0, 0.1) is 0 Å². The summed E-state index contributed by atoms with van der Waals surface area (Å²) in [5.74, 6) is 1.83. The van der Waals surface area contributed by atoms with Gasteiger partial charge in [-0.15, -0.1) is 11.8 Å². The van der Waals surface area contributed by atoms with Gasteiger partial charge in [0.25, 0.3) is 5.91 Å². The van der Waals surface area contributed by atoms with E-state index in [9.17, 15) is 4.79 Å². The number of ether oxygens (including phenoxy) is 2. The standard InChI is InChI=1S/C21H24N2O3S2/c1-3-26-12-11-23-18-10-9-17(25-2)13-19(18)28-21(23)22-20(24)15-27-14-16-7-5-4-6-8-16/h4-10,13H,3,11-12,14-15H2,1-2H3. The molecule has 1 aromatic heterocycles. The summed E-state index contributed by atoms with van der Waals surface area (Å²) in [6.07, 6.45) is 0. The van der Waals surface area contributed by atoms with Gasteiger partial charge >= 0.3 is 0 Å². The van der Waals surface area contributed by atoms with Crippen LogP contribution < -0.4 is 9.54 Å². The van der Waals surface area contributed by atoms with Crippen molar-refractivity contribution in [1.29, 1.82) is 0 Å². The number of carbonyl (C=O) groups excluding carboxylic acids is 1. The van der Waals surface area contributed by atoms with Crippen LogP contribution in [0.4, 0.5) is 0 Å². The number of hydrogen-bond acceptors (Lipinski definition) is 5. The molecule has 0 aliphatic rings. The first-order chi connectivity index (χ1) is 13.7. The molecule has 1 amide bonds.